The lowest BCUT2D eigenvalue weighted by Crippen LogP contribution is -2.37. The van der Waals surface area contributed by atoms with Gasteiger partial charge in [-0.25, -0.2) is 0 Å². The van der Waals surface area contributed by atoms with Gasteiger partial charge in [0.1, 0.15) is 0 Å². The van der Waals surface area contributed by atoms with Gasteiger partial charge in [-0.3, -0.25) is 9.48 Å². The van der Waals surface area contributed by atoms with Crippen molar-refractivity contribution < 1.29 is 4.79 Å². The van der Waals surface area contributed by atoms with Crippen LogP contribution < -0.4 is 10.6 Å². The third-order valence-electron chi connectivity index (χ3n) is 3.12. The van der Waals surface area contributed by atoms with Crippen LogP contribution in [0.5, 0.6) is 0 Å². The molecule has 20 heavy (non-hydrogen) atoms. The summed E-state index contributed by atoms with van der Waals surface area (Å²) >= 11 is 0. The molecule has 5 heteroatoms. The molecule has 2 rings (SSSR count). The topological polar surface area (TPSA) is 64.2 Å². The molecule has 0 saturated heterocycles. The second-order valence-corrected chi connectivity index (χ2v) is 5.01. The van der Waals surface area contributed by atoms with E-state index in [1.165, 1.54) is 0 Å². The number of carbonyl (C=O) groups excluding carboxylic acids is 1. The third kappa shape index (κ3) is 2.88. The van der Waals surface area contributed by atoms with Crippen LogP contribution >= 0.6 is 0 Å². The van der Waals surface area contributed by atoms with Crippen molar-refractivity contribution in [1.82, 2.24) is 9.78 Å². The van der Waals surface area contributed by atoms with Crippen molar-refractivity contribution in [1.29, 1.82) is 0 Å². The Bertz CT molecular complexity index is 586. The van der Waals surface area contributed by atoms with E-state index in [2.05, 4.69) is 5.10 Å². The molecule has 0 spiro atoms. The maximum atomic E-state index is 12.6. The first-order valence-electron chi connectivity index (χ1n) is 6.65. The van der Waals surface area contributed by atoms with Gasteiger partial charge in [0.15, 0.2) is 5.69 Å². The molecule has 0 saturated carbocycles. The number of aryl methyl sites for hydroxylation is 1. The fourth-order valence-electron chi connectivity index (χ4n) is 2.10. The molecule has 0 unspecified atom stereocenters. The lowest BCUT2D eigenvalue weighted by molar-refractivity contribution is 0.0974. The molecule has 0 aliphatic rings. The van der Waals surface area contributed by atoms with Gasteiger partial charge in [0, 0.05) is 31.5 Å². The van der Waals surface area contributed by atoms with Crippen molar-refractivity contribution in [3.63, 3.8) is 0 Å². The van der Waals surface area contributed by atoms with E-state index < -0.39 is 0 Å². The smallest absolute Gasteiger partial charge is 0.278 e. The molecule has 0 atom stereocenters. The molecule has 0 aliphatic carbocycles. The second kappa shape index (κ2) is 5.88. The molecule has 106 valence electrons. The second-order valence-electron chi connectivity index (χ2n) is 5.01. The predicted octanol–water partition coefficient (Wildman–Crippen LogP) is 1.93. The number of hydrogen-bond donors (Lipinski definition) is 1. The summed E-state index contributed by atoms with van der Waals surface area (Å²) in [4.78, 5) is 14.3. The first-order chi connectivity index (χ1) is 9.52. The highest BCUT2D eigenvalue weighted by Crippen LogP contribution is 2.20. The molecule has 2 N–H and O–H groups in total. The molecule has 0 fully saturated rings. The number of anilines is 1. The number of nitrogens with zero attached hydrogens (tertiary/aromatic N) is 3. The summed E-state index contributed by atoms with van der Waals surface area (Å²) in [6.45, 7) is 4.46. The lowest BCUT2D eigenvalue weighted by Gasteiger charge is -2.26. The Kier molecular flexibility index (Phi) is 4.20. The van der Waals surface area contributed by atoms with Crippen LogP contribution in [0.1, 0.15) is 29.9 Å². The van der Waals surface area contributed by atoms with E-state index in [9.17, 15) is 4.79 Å². The van der Waals surface area contributed by atoms with E-state index in [1.807, 2.05) is 38.1 Å². The Balaban J connectivity index is 2.33. The van der Waals surface area contributed by atoms with Gasteiger partial charge in [-0.05, 0) is 37.6 Å². The van der Waals surface area contributed by atoms with Crippen molar-refractivity contribution in [3.05, 3.63) is 47.8 Å². The highest BCUT2D eigenvalue weighted by molar-refractivity contribution is 6.05. The highest BCUT2D eigenvalue weighted by atomic mass is 16.2. The maximum Gasteiger partial charge on any atom is 0.278 e. The Hall–Kier alpha value is -2.14. The Morgan fingerprint density at radius 2 is 1.95 bits per heavy atom. The summed E-state index contributed by atoms with van der Waals surface area (Å²) in [7, 11) is 1.80. The summed E-state index contributed by atoms with van der Waals surface area (Å²) < 4.78 is 1.63. The number of amides is 1. The normalized spacial score (nSPS) is 10.8. The quantitative estimate of drug-likeness (QED) is 0.925. The maximum absolute atomic E-state index is 12.6. The highest BCUT2D eigenvalue weighted by Gasteiger charge is 2.22. The van der Waals surface area contributed by atoms with Gasteiger partial charge in [-0.1, -0.05) is 12.1 Å². The SMILES string of the molecule is CC(C)N(C(=O)c1ccn(C)n1)c1ccc(CN)cc1. The molecular formula is C15H20N4O. The van der Waals surface area contributed by atoms with E-state index >= 15 is 0 Å². The van der Waals surface area contributed by atoms with Crippen molar-refractivity contribution in [3.8, 4) is 0 Å². The van der Waals surface area contributed by atoms with E-state index in [0.717, 1.165) is 11.3 Å². The van der Waals surface area contributed by atoms with Gasteiger partial charge in [-0.15, -0.1) is 0 Å². The average molecular weight is 272 g/mol. The van der Waals surface area contributed by atoms with E-state index in [-0.39, 0.29) is 11.9 Å². The Labute approximate surface area is 119 Å². The van der Waals surface area contributed by atoms with E-state index in [4.69, 9.17) is 5.73 Å². The zero-order valence-electron chi connectivity index (χ0n) is 12.1. The number of rotatable bonds is 4. The summed E-state index contributed by atoms with van der Waals surface area (Å²) in [5.74, 6) is -0.0962. The van der Waals surface area contributed by atoms with Gasteiger partial charge in [0.25, 0.3) is 5.91 Å². The van der Waals surface area contributed by atoms with Crippen LogP contribution in [0.2, 0.25) is 0 Å². The number of benzene rings is 1. The molecule has 1 aromatic carbocycles. The minimum Gasteiger partial charge on any atom is -0.326 e. The van der Waals surface area contributed by atoms with Crippen LogP contribution in [-0.4, -0.2) is 21.7 Å². The average Bonchev–Trinajstić information content (AvgIpc) is 2.86. The Morgan fingerprint density at radius 1 is 1.30 bits per heavy atom. The van der Waals surface area contributed by atoms with Gasteiger partial charge < -0.3 is 10.6 Å². The van der Waals surface area contributed by atoms with Gasteiger partial charge >= 0.3 is 0 Å². The van der Waals surface area contributed by atoms with E-state index in [1.54, 1.807) is 28.9 Å². The number of aromatic nitrogens is 2. The first-order valence-corrected chi connectivity index (χ1v) is 6.65. The van der Waals surface area contributed by atoms with Crippen LogP contribution in [0.4, 0.5) is 5.69 Å². The van der Waals surface area contributed by atoms with Crippen molar-refractivity contribution >= 4 is 11.6 Å². The summed E-state index contributed by atoms with van der Waals surface area (Å²) in [6.07, 6.45) is 1.77. The van der Waals surface area contributed by atoms with Gasteiger partial charge in [-0.2, -0.15) is 5.10 Å². The van der Waals surface area contributed by atoms with Crippen LogP contribution in [0.3, 0.4) is 0 Å². The summed E-state index contributed by atoms with van der Waals surface area (Å²) in [6, 6.07) is 9.50. The predicted molar refractivity (Wildman–Crippen MR) is 79.5 cm³/mol. The number of carbonyl (C=O) groups is 1. The molecule has 5 nitrogen and oxygen atoms in total. The fourth-order valence-corrected chi connectivity index (χ4v) is 2.10. The van der Waals surface area contributed by atoms with Crippen molar-refractivity contribution in [2.45, 2.75) is 26.4 Å². The molecule has 0 aliphatic heterocycles. The molecule has 0 bridgehead atoms. The van der Waals surface area contributed by atoms with Crippen LogP contribution in [0.25, 0.3) is 0 Å². The summed E-state index contributed by atoms with van der Waals surface area (Å²) in [5, 5.41) is 4.18. The number of nitrogens with two attached hydrogens (primary N) is 1. The first kappa shape index (κ1) is 14.3. The molecule has 1 amide bonds. The van der Waals surface area contributed by atoms with E-state index in [0.29, 0.717) is 12.2 Å². The standard InChI is InChI=1S/C15H20N4O/c1-11(2)19(13-6-4-12(10-16)5-7-13)15(20)14-8-9-18(3)17-14/h4-9,11H,10,16H2,1-3H3. The lowest BCUT2D eigenvalue weighted by atomic mass is 10.1. The summed E-state index contributed by atoms with van der Waals surface area (Å²) in [5.41, 5.74) is 7.94. The zero-order valence-corrected chi connectivity index (χ0v) is 12.1. The fraction of sp³-hybridized carbons (Fsp3) is 0.333. The van der Waals surface area contributed by atoms with Crippen LogP contribution in [0, 0.1) is 0 Å². The molecule has 1 aromatic heterocycles. The minimum absolute atomic E-state index is 0.0493. The van der Waals surface area contributed by atoms with Crippen molar-refractivity contribution in [2.24, 2.45) is 12.8 Å². The largest absolute Gasteiger partial charge is 0.326 e. The van der Waals surface area contributed by atoms with Gasteiger partial charge in [0.05, 0.1) is 0 Å². The molecular weight excluding hydrogens is 252 g/mol. The van der Waals surface area contributed by atoms with Gasteiger partial charge in [0.2, 0.25) is 0 Å². The molecule has 1 heterocycles. The number of hydrogen-bond acceptors (Lipinski definition) is 3. The zero-order chi connectivity index (χ0) is 14.7. The van der Waals surface area contributed by atoms with Crippen LogP contribution in [-0.2, 0) is 13.6 Å². The molecule has 0 radical (unpaired) electrons. The van der Waals surface area contributed by atoms with Crippen molar-refractivity contribution in [2.75, 3.05) is 4.90 Å². The minimum atomic E-state index is -0.0962. The third-order valence-corrected chi connectivity index (χ3v) is 3.12. The monoisotopic (exact) mass is 272 g/mol. The Morgan fingerprint density at radius 3 is 2.40 bits per heavy atom. The van der Waals surface area contributed by atoms with Crippen LogP contribution in [0.15, 0.2) is 36.5 Å². The molecule has 2 aromatic rings.